The molecule has 1 saturated carbocycles. The number of hydrogen-bond acceptors (Lipinski definition) is 2. The van der Waals surface area contributed by atoms with E-state index in [0.29, 0.717) is 12.5 Å². The molecule has 0 bridgehead atoms. The highest BCUT2D eigenvalue weighted by atomic mass is 16.5. The quantitative estimate of drug-likeness (QED) is 0.794. The van der Waals surface area contributed by atoms with Crippen LogP contribution in [0.15, 0.2) is 35.9 Å². The average molecular weight is 232 g/mol. The van der Waals surface area contributed by atoms with Gasteiger partial charge in [-0.25, -0.2) is 4.79 Å². The predicted molar refractivity (Wildman–Crippen MR) is 65.1 cm³/mol. The molecule has 0 saturated heterocycles. The fraction of sp³-hybridized carbons (Fsp3) is 0.357. The second-order valence-electron chi connectivity index (χ2n) is 4.43. The van der Waals surface area contributed by atoms with Crippen LogP contribution in [0, 0.1) is 12.8 Å². The molecule has 1 fully saturated rings. The molecule has 0 aromatic heterocycles. The van der Waals surface area contributed by atoms with Gasteiger partial charge in [0.15, 0.2) is 0 Å². The largest absolute Gasteiger partial charge is 0.489 e. The van der Waals surface area contributed by atoms with Gasteiger partial charge in [0.2, 0.25) is 0 Å². The summed E-state index contributed by atoms with van der Waals surface area (Å²) in [5.41, 5.74) is 2.07. The Balaban J connectivity index is 1.95. The van der Waals surface area contributed by atoms with Crippen molar-refractivity contribution in [1.29, 1.82) is 0 Å². The highest BCUT2D eigenvalue weighted by Gasteiger charge is 2.26. The second kappa shape index (κ2) is 5.04. The van der Waals surface area contributed by atoms with Crippen LogP contribution in [0.25, 0.3) is 0 Å². The topological polar surface area (TPSA) is 46.5 Å². The van der Waals surface area contributed by atoms with Crippen LogP contribution in [0.2, 0.25) is 0 Å². The molecular formula is C14H16O3. The van der Waals surface area contributed by atoms with Gasteiger partial charge < -0.3 is 9.84 Å². The van der Waals surface area contributed by atoms with Crippen molar-refractivity contribution >= 4 is 5.97 Å². The van der Waals surface area contributed by atoms with Crippen molar-refractivity contribution in [2.24, 2.45) is 5.92 Å². The molecule has 1 aliphatic rings. The molecule has 1 aliphatic carbocycles. The van der Waals surface area contributed by atoms with Crippen LogP contribution in [0.5, 0.6) is 5.75 Å². The Morgan fingerprint density at radius 3 is 2.59 bits per heavy atom. The second-order valence-corrected chi connectivity index (χ2v) is 4.43. The maximum Gasteiger partial charge on any atom is 0.328 e. The van der Waals surface area contributed by atoms with Gasteiger partial charge in [0.1, 0.15) is 12.4 Å². The minimum absolute atomic E-state index is 0.375. The standard InChI is InChI=1S/C14H16O3/c1-10-2-6-13(7-3-10)17-9-12(8-14(15)16)11-4-5-11/h2-3,6-8,11H,4-5,9H2,1H3,(H,15,16)/b12-8-. The van der Waals surface area contributed by atoms with Gasteiger partial charge in [-0.15, -0.1) is 0 Å². The summed E-state index contributed by atoms with van der Waals surface area (Å²) in [6.45, 7) is 2.39. The molecule has 17 heavy (non-hydrogen) atoms. The zero-order valence-corrected chi connectivity index (χ0v) is 9.85. The van der Waals surface area contributed by atoms with Gasteiger partial charge in [-0.2, -0.15) is 0 Å². The molecule has 3 nitrogen and oxygen atoms in total. The number of benzene rings is 1. The number of aliphatic carboxylic acids is 1. The van der Waals surface area contributed by atoms with Crippen molar-refractivity contribution < 1.29 is 14.6 Å². The van der Waals surface area contributed by atoms with E-state index in [1.165, 1.54) is 11.6 Å². The smallest absolute Gasteiger partial charge is 0.328 e. The van der Waals surface area contributed by atoms with Crippen LogP contribution in [-0.4, -0.2) is 17.7 Å². The zero-order valence-electron chi connectivity index (χ0n) is 9.85. The lowest BCUT2D eigenvalue weighted by Crippen LogP contribution is -2.05. The van der Waals surface area contributed by atoms with Crippen molar-refractivity contribution in [3.8, 4) is 5.75 Å². The highest BCUT2D eigenvalue weighted by Crippen LogP contribution is 2.36. The van der Waals surface area contributed by atoms with E-state index in [0.717, 1.165) is 24.2 Å². The van der Waals surface area contributed by atoms with Crippen molar-refractivity contribution in [2.75, 3.05) is 6.61 Å². The minimum Gasteiger partial charge on any atom is -0.489 e. The maximum absolute atomic E-state index is 10.7. The lowest BCUT2D eigenvalue weighted by atomic mass is 10.1. The molecule has 1 aromatic rings. The number of carbonyl (C=O) groups is 1. The molecule has 1 N–H and O–H groups in total. The SMILES string of the molecule is Cc1ccc(OC/C(=C/C(=O)O)C2CC2)cc1. The van der Waals surface area contributed by atoms with E-state index in [2.05, 4.69) is 0 Å². The predicted octanol–water partition coefficient (Wildman–Crippen LogP) is 2.79. The average Bonchev–Trinajstić information content (AvgIpc) is 3.10. The van der Waals surface area contributed by atoms with Crippen molar-refractivity contribution in [3.05, 3.63) is 41.5 Å². The first-order valence-electron chi connectivity index (χ1n) is 5.78. The summed E-state index contributed by atoms with van der Waals surface area (Å²) in [7, 11) is 0. The maximum atomic E-state index is 10.7. The molecular weight excluding hydrogens is 216 g/mol. The molecule has 0 spiro atoms. The van der Waals surface area contributed by atoms with Gasteiger partial charge in [0.05, 0.1) is 0 Å². The first-order chi connectivity index (χ1) is 8.15. The van der Waals surface area contributed by atoms with E-state index < -0.39 is 5.97 Å². The van der Waals surface area contributed by atoms with E-state index in [1.54, 1.807) is 0 Å². The van der Waals surface area contributed by atoms with E-state index in [9.17, 15) is 4.79 Å². The van der Waals surface area contributed by atoms with Gasteiger partial charge in [-0.05, 0) is 43.4 Å². The molecule has 1 aromatic carbocycles. The van der Waals surface area contributed by atoms with E-state index >= 15 is 0 Å². The molecule has 0 heterocycles. The normalized spacial score (nSPS) is 15.7. The Bertz CT molecular complexity index is 427. The van der Waals surface area contributed by atoms with Crippen LogP contribution in [0.4, 0.5) is 0 Å². The lowest BCUT2D eigenvalue weighted by Gasteiger charge is -2.08. The molecule has 2 rings (SSSR count). The number of rotatable bonds is 5. The molecule has 0 amide bonds. The summed E-state index contributed by atoms with van der Waals surface area (Å²) in [6, 6.07) is 7.77. The Morgan fingerprint density at radius 1 is 1.41 bits per heavy atom. The first-order valence-corrected chi connectivity index (χ1v) is 5.78. The number of carboxylic acids is 1. The summed E-state index contributed by atoms with van der Waals surface area (Å²) in [5.74, 6) is 0.309. The Morgan fingerprint density at radius 2 is 2.06 bits per heavy atom. The van der Waals surface area contributed by atoms with Crippen LogP contribution in [-0.2, 0) is 4.79 Å². The van der Waals surface area contributed by atoms with Gasteiger partial charge in [-0.3, -0.25) is 0 Å². The van der Waals surface area contributed by atoms with E-state index in [1.807, 2.05) is 31.2 Å². The summed E-state index contributed by atoms with van der Waals surface area (Å²) in [4.78, 5) is 10.7. The number of carboxylic acid groups (broad SMARTS) is 1. The molecule has 0 aliphatic heterocycles. The fourth-order valence-corrected chi connectivity index (χ4v) is 1.69. The molecule has 3 heteroatoms. The third kappa shape index (κ3) is 3.63. The minimum atomic E-state index is -0.889. The third-order valence-electron chi connectivity index (χ3n) is 2.84. The van der Waals surface area contributed by atoms with Crippen LogP contribution >= 0.6 is 0 Å². The lowest BCUT2D eigenvalue weighted by molar-refractivity contribution is -0.131. The summed E-state index contributed by atoms with van der Waals surface area (Å²) >= 11 is 0. The van der Waals surface area contributed by atoms with Gasteiger partial charge in [-0.1, -0.05) is 17.7 Å². The highest BCUT2D eigenvalue weighted by molar-refractivity contribution is 5.80. The van der Waals surface area contributed by atoms with Crippen molar-refractivity contribution in [3.63, 3.8) is 0 Å². The van der Waals surface area contributed by atoms with Gasteiger partial charge in [0.25, 0.3) is 0 Å². The van der Waals surface area contributed by atoms with Gasteiger partial charge in [0, 0.05) is 6.08 Å². The van der Waals surface area contributed by atoms with Crippen LogP contribution in [0.3, 0.4) is 0 Å². The molecule has 0 atom stereocenters. The fourth-order valence-electron chi connectivity index (χ4n) is 1.69. The van der Waals surface area contributed by atoms with E-state index in [-0.39, 0.29) is 0 Å². The molecule has 0 unspecified atom stereocenters. The molecule has 0 radical (unpaired) electrons. The third-order valence-corrected chi connectivity index (χ3v) is 2.84. The summed E-state index contributed by atoms with van der Waals surface area (Å²) in [6.07, 6.45) is 3.44. The van der Waals surface area contributed by atoms with Crippen molar-refractivity contribution in [2.45, 2.75) is 19.8 Å². The Labute approximate surface area is 101 Å². The van der Waals surface area contributed by atoms with Crippen LogP contribution < -0.4 is 4.74 Å². The number of ether oxygens (including phenoxy) is 1. The number of hydrogen-bond donors (Lipinski definition) is 1. The monoisotopic (exact) mass is 232 g/mol. The van der Waals surface area contributed by atoms with E-state index in [4.69, 9.17) is 9.84 Å². The first kappa shape index (κ1) is 11.7. The summed E-state index contributed by atoms with van der Waals surface area (Å²) < 4.78 is 5.59. The zero-order chi connectivity index (χ0) is 12.3. The molecule has 90 valence electrons. The van der Waals surface area contributed by atoms with Crippen LogP contribution in [0.1, 0.15) is 18.4 Å². The summed E-state index contributed by atoms with van der Waals surface area (Å²) in [5, 5.41) is 8.76. The Kier molecular flexibility index (Phi) is 3.47. The van der Waals surface area contributed by atoms with Gasteiger partial charge >= 0.3 is 5.97 Å². The Hall–Kier alpha value is -1.77. The number of aryl methyl sites for hydroxylation is 1. The van der Waals surface area contributed by atoms with Crippen molar-refractivity contribution in [1.82, 2.24) is 0 Å².